The van der Waals surface area contributed by atoms with Crippen molar-refractivity contribution in [1.82, 2.24) is 15.2 Å². The molecule has 0 saturated carbocycles. The van der Waals surface area contributed by atoms with E-state index in [0.29, 0.717) is 12.5 Å². The zero-order valence-corrected chi connectivity index (χ0v) is 14.5. The van der Waals surface area contributed by atoms with Crippen molar-refractivity contribution >= 4 is 5.91 Å². The zero-order valence-electron chi connectivity index (χ0n) is 14.5. The minimum absolute atomic E-state index is 0.0551. The number of carbonyl (C=O) groups excluding carboxylic acids is 1. The number of piperidine rings is 1. The first kappa shape index (κ1) is 16.7. The first-order valence-corrected chi connectivity index (χ1v) is 8.61. The Morgan fingerprint density at radius 3 is 2.75 bits per heavy atom. The summed E-state index contributed by atoms with van der Waals surface area (Å²) < 4.78 is 0. The summed E-state index contributed by atoms with van der Waals surface area (Å²) >= 11 is 0. The molecule has 1 saturated heterocycles. The van der Waals surface area contributed by atoms with Crippen LogP contribution in [-0.2, 0) is 6.54 Å². The maximum absolute atomic E-state index is 12.6. The second kappa shape index (κ2) is 7.58. The van der Waals surface area contributed by atoms with E-state index in [1.165, 1.54) is 18.4 Å². The molecule has 4 heteroatoms. The van der Waals surface area contributed by atoms with Gasteiger partial charge in [0.15, 0.2) is 0 Å². The van der Waals surface area contributed by atoms with Gasteiger partial charge in [0.2, 0.25) is 0 Å². The van der Waals surface area contributed by atoms with Crippen LogP contribution in [0.4, 0.5) is 0 Å². The van der Waals surface area contributed by atoms with Gasteiger partial charge in [-0.3, -0.25) is 9.78 Å². The van der Waals surface area contributed by atoms with Gasteiger partial charge in [0.1, 0.15) is 0 Å². The summed E-state index contributed by atoms with van der Waals surface area (Å²) in [4.78, 5) is 18.5. The lowest BCUT2D eigenvalue weighted by atomic mass is 9.91. The number of nitrogens with one attached hydrogen (secondary N) is 1. The van der Waals surface area contributed by atoms with Gasteiger partial charge in [0, 0.05) is 38.1 Å². The Kier molecular flexibility index (Phi) is 5.26. The van der Waals surface area contributed by atoms with Crippen molar-refractivity contribution in [3.05, 3.63) is 65.0 Å². The zero-order chi connectivity index (χ0) is 16.9. The Morgan fingerprint density at radius 2 is 2.08 bits per heavy atom. The van der Waals surface area contributed by atoms with Crippen molar-refractivity contribution in [2.24, 2.45) is 0 Å². The molecule has 0 unspecified atom stereocenters. The highest BCUT2D eigenvalue weighted by molar-refractivity contribution is 5.94. The summed E-state index contributed by atoms with van der Waals surface area (Å²) in [7, 11) is 1.85. The Hall–Kier alpha value is -2.20. The fourth-order valence-electron chi connectivity index (χ4n) is 3.26. The Morgan fingerprint density at radius 1 is 1.29 bits per heavy atom. The van der Waals surface area contributed by atoms with Crippen LogP contribution >= 0.6 is 0 Å². The van der Waals surface area contributed by atoms with Crippen LogP contribution in [0.1, 0.15) is 45.8 Å². The molecule has 1 fully saturated rings. The van der Waals surface area contributed by atoms with E-state index in [4.69, 9.17) is 0 Å². The van der Waals surface area contributed by atoms with Crippen molar-refractivity contribution in [3.63, 3.8) is 0 Å². The molecule has 126 valence electrons. The van der Waals surface area contributed by atoms with Gasteiger partial charge < -0.3 is 10.2 Å². The van der Waals surface area contributed by atoms with Gasteiger partial charge in [0.05, 0.1) is 0 Å². The molecule has 1 N–H and O–H groups in total. The fourth-order valence-corrected chi connectivity index (χ4v) is 3.26. The molecule has 1 aliphatic heterocycles. The second-order valence-corrected chi connectivity index (χ2v) is 6.63. The van der Waals surface area contributed by atoms with Crippen LogP contribution in [0.2, 0.25) is 0 Å². The van der Waals surface area contributed by atoms with Gasteiger partial charge in [-0.15, -0.1) is 0 Å². The van der Waals surface area contributed by atoms with E-state index in [2.05, 4.69) is 22.4 Å². The summed E-state index contributed by atoms with van der Waals surface area (Å²) in [5.41, 5.74) is 4.31. The highest BCUT2D eigenvalue weighted by atomic mass is 16.2. The van der Waals surface area contributed by atoms with E-state index in [9.17, 15) is 4.79 Å². The number of nitrogens with zero attached hydrogens (tertiary/aromatic N) is 2. The van der Waals surface area contributed by atoms with Crippen LogP contribution in [0.5, 0.6) is 0 Å². The summed E-state index contributed by atoms with van der Waals surface area (Å²) in [6, 6.07) is 10.1. The van der Waals surface area contributed by atoms with E-state index in [0.717, 1.165) is 29.8 Å². The van der Waals surface area contributed by atoms with Crippen LogP contribution in [0.15, 0.2) is 42.7 Å². The average Bonchev–Trinajstić information content (AvgIpc) is 2.64. The number of hydrogen-bond acceptors (Lipinski definition) is 3. The second-order valence-electron chi connectivity index (χ2n) is 6.63. The summed E-state index contributed by atoms with van der Waals surface area (Å²) in [5.74, 6) is 0.625. The van der Waals surface area contributed by atoms with Crippen molar-refractivity contribution < 1.29 is 4.79 Å². The number of pyridine rings is 1. The third-order valence-corrected chi connectivity index (χ3v) is 4.82. The molecule has 3 rings (SSSR count). The number of benzene rings is 1. The topological polar surface area (TPSA) is 45.2 Å². The Balaban J connectivity index is 1.67. The van der Waals surface area contributed by atoms with E-state index < -0.39 is 0 Å². The predicted molar refractivity (Wildman–Crippen MR) is 96.1 cm³/mol. The molecule has 1 aliphatic rings. The van der Waals surface area contributed by atoms with Crippen molar-refractivity contribution in [2.75, 3.05) is 20.1 Å². The van der Waals surface area contributed by atoms with Gasteiger partial charge in [-0.1, -0.05) is 12.1 Å². The maximum atomic E-state index is 12.6. The third kappa shape index (κ3) is 3.82. The number of hydrogen-bond donors (Lipinski definition) is 1. The van der Waals surface area contributed by atoms with E-state index in [-0.39, 0.29) is 5.91 Å². The van der Waals surface area contributed by atoms with Crippen LogP contribution in [0.3, 0.4) is 0 Å². The smallest absolute Gasteiger partial charge is 0.253 e. The molecule has 1 amide bonds. The molecule has 2 aromatic rings. The standard InChI is InChI=1S/C20H25N3O/c1-15-12-22-11-9-19(15)14-23(2)20(24)17-7-5-16(6-8-17)18-4-3-10-21-13-18/h5-9,11-12,18,21H,3-4,10,13-14H2,1-2H3/t18-/m0/s1. The van der Waals surface area contributed by atoms with Gasteiger partial charge in [0.25, 0.3) is 5.91 Å². The van der Waals surface area contributed by atoms with Crippen molar-refractivity contribution in [1.29, 1.82) is 0 Å². The summed E-state index contributed by atoms with van der Waals surface area (Å²) in [5, 5.41) is 3.44. The maximum Gasteiger partial charge on any atom is 0.253 e. The Labute approximate surface area is 143 Å². The van der Waals surface area contributed by atoms with Gasteiger partial charge in [-0.05, 0) is 67.1 Å². The molecule has 4 nitrogen and oxygen atoms in total. The average molecular weight is 323 g/mol. The van der Waals surface area contributed by atoms with Crippen LogP contribution in [-0.4, -0.2) is 35.9 Å². The fraction of sp³-hybridized carbons (Fsp3) is 0.400. The predicted octanol–water partition coefficient (Wildman–Crippen LogP) is 3.13. The molecule has 1 aromatic heterocycles. The number of aryl methyl sites for hydroxylation is 1. The molecule has 0 radical (unpaired) electrons. The number of aromatic nitrogens is 1. The molecule has 1 atom stereocenters. The van der Waals surface area contributed by atoms with Crippen LogP contribution in [0, 0.1) is 6.92 Å². The van der Waals surface area contributed by atoms with Crippen molar-refractivity contribution in [2.45, 2.75) is 32.2 Å². The van der Waals surface area contributed by atoms with Crippen LogP contribution < -0.4 is 5.32 Å². The van der Waals surface area contributed by atoms with Gasteiger partial charge >= 0.3 is 0 Å². The van der Waals surface area contributed by atoms with E-state index >= 15 is 0 Å². The van der Waals surface area contributed by atoms with Crippen LogP contribution in [0.25, 0.3) is 0 Å². The molecule has 24 heavy (non-hydrogen) atoms. The number of rotatable bonds is 4. The molecule has 1 aromatic carbocycles. The highest BCUT2D eigenvalue weighted by Gasteiger charge is 2.17. The minimum atomic E-state index is 0.0551. The highest BCUT2D eigenvalue weighted by Crippen LogP contribution is 2.23. The normalized spacial score (nSPS) is 17.5. The SMILES string of the molecule is Cc1cnccc1CN(C)C(=O)c1ccc([C@H]2CCCNC2)cc1. The summed E-state index contributed by atoms with van der Waals surface area (Å²) in [6.07, 6.45) is 6.05. The van der Waals surface area contributed by atoms with E-state index in [1.807, 2.05) is 38.4 Å². The molecular weight excluding hydrogens is 298 g/mol. The number of amides is 1. The monoisotopic (exact) mass is 323 g/mol. The summed E-state index contributed by atoms with van der Waals surface area (Å²) in [6.45, 7) is 4.77. The largest absolute Gasteiger partial charge is 0.337 e. The lowest BCUT2D eigenvalue weighted by Crippen LogP contribution is -2.28. The quantitative estimate of drug-likeness (QED) is 0.940. The van der Waals surface area contributed by atoms with Gasteiger partial charge in [-0.2, -0.15) is 0 Å². The molecule has 2 heterocycles. The first-order chi connectivity index (χ1) is 11.6. The van der Waals surface area contributed by atoms with Crippen molar-refractivity contribution in [3.8, 4) is 0 Å². The van der Waals surface area contributed by atoms with E-state index in [1.54, 1.807) is 11.1 Å². The minimum Gasteiger partial charge on any atom is -0.337 e. The molecule has 0 bridgehead atoms. The molecule has 0 aliphatic carbocycles. The first-order valence-electron chi connectivity index (χ1n) is 8.61. The van der Waals surface area contributed by atoms with Gasteiger partial charge in [-0.25, -0.2) is 0 Å². The number of carbonyl (C=O) groups is 1. The molecular formula is C20H25N3O. The third-order valence-electron chi connectivity index (χ3n) is 4.82. The Bertz CT molecular complexity index is 690. The lowest BCUT2D eigenvalue weighted by molar-refractivity contribution is 0.0785. The molecule has 0 spiro atoms. The lowest BCUT2D eigenvalue weighted by Gasteiger charge is -2.23.